The molecule has 2 N–H and O–H groups in total. The molecule has 0 saturated heterocycles. The molecular weight excluding hydrogens is 270 g/mol. The van der Waals surface area contributed by atoms with Crippen LogP contribution < -0.4 is 19.5 Å². The van der Waals surface area contributed by atoms with E-state index in [0.29, 0.717) is 36.4 Å². The van der Waals surface area contributed by atoms with Gasteiger partial charge in [-0.3, -0.25) is 0 Å². The van der Waals surface area contributed by atoms with Crippen LogP contribution in [0.25, 0.3) is 0 Å². The average molecular weight is 295 g/mol. The molecule has 118 valence electrons. The molecule has 1 aromatic rings. The summed E-state index contributed by atoms with van der Waals surface area (Å²) in [5, 5.41) is 13.0. The molecule has 1 atom stereocenters. The zero-order valence-electron chi connectivity index (χ0n) is 13.0. The highest BCUT2D eigenvalue weighted by atomic mass is 16.5. The Morgan fingerprint density at radius 3 is 2.67 bits per heavy atom. The van der Waals surface area contributed by atoms with Crippen molar-refractivity contribution in [2.75, 3.05) is 26.9 Å². The van der Waals surface area contributed by atoms with Gasteiger partial charge < -0.3 is 24.6 Å². The van der Waals surface area contributed by atoms with Crippen LogP contribution in [0.15, 0.2) is 30.9 Å². The first kappa shape index (κ1) is 17.3. The van der Waals surface area contributed by atoms with Crippen LogP contribution in [0.1, 0.15) is 13.8 Å². The van der Waals surface area contributed by atoms with Crippen LogP contribution in [-0.4, -0.2) is 44.1 Å². The molecule has 5 nitrogen and oxygen atoms in total. The van der Waals surface area contributed by atoms with E-state index < -0.39 is 6.10 Å². The molecule has 1 aromatic carbocycles. The van der Waals surface area contributed by atoms with Crippen molar-refractivity contribution in [2.45, 2.75) is 26.0 Å². The topological polar surface area (TPSA) is 60.0 Å². The number of aliphatic hydroxyl groups excluding tert-OH is 1. The van der Waals surface area contributed by atoms with Gasteiger partial charge in [-0.05, 0) is 12.1 Å². The number of methoxy groups -OCH3 is 1. The second-order valence-electron chi connectivity index (χ2n) is 4.94. The van der Waals surface area contributed by atoms with Gasteiger partial charge in [-0.15, -0.1) is 0 Å². The highest BCUT2D eigenvalue weighted by molar-refractivity contribution is 5.45. The molecule has 0 radical (unpaired) electrons. The Hall–Kier alpha value is -1.72. The Labute approximate surface area is 126 Å². The summed E-state index contributed by atoms with van der Waals surface area (Å²) in [4.78, 5) is 0. The van der Waals surface area contributed by atoms with E-state index >= 15 is 0 Å². The van der Waals surface area contributed by atoms with Crippen molar-refractivity contribution in [2.24, 2.45) is 0 Å². The van der Waals surface area contributed by atoms with Crippen LogP contribution in [0.2, 0.25) is 0 Å². The second kappa shape index (κ2) is 9.26. The molecule has 0 heterocycles. The summed E-state index contributed by atoms with van der Waals surface area (Å²) < 4.78 is 16.3. The SMILES string of the molecule is C=CCOc1cc(OC)ccc1OC[C@@H](O)CNC(C)C. The van der Waals surface area contributed by atoms with Gasteiger partial charge in [0.15, 0.2) is 11.5 Å². The molecule has 0 aliphatic carbocycles. The molecule has 0 amide bonds. The fraction of sp³-hybridized carbons (Fsp3) is 0.500. The summed E-state index contributed by atoms with van der Waals surface area (Å²) in [6.45, 7) is 8.72. The van der Waals surface area contributed by atoms with Gasteiger partial charge >= 0.3 is 0 Å². The van der Waals surface area contributed by atoms with Gasteiger partial charge in [-0.2, -0.15) is 0 Å². The maximum Gasteiger partial charge on any atom is 0.165 e. The van der Waals surface area contributed by atoms with Gasteiger partial charge in [0.1, 0.15) is 25.1 Å². The first-order chi connectivity index (χ1) is 10.1. The van der Waals surface area contributed by atoms with Gasteiger partial charge in [0.25, 0.3) is 0 Å². The van der Waals surface area contributed by atoms with Crippen molar-refractivity contribution in [3.63, 3.8) is 0 Å². The standard InChI is InChI=1S/C16H25NO4/c1-5-8-20-16-9-14(19-4)6-7-15(16)21-11-13(18)10-17-12(2)3/h5-7,9,12-13,17-18H,1,8,10-11H2,2-4H3/t13-/m0/s1. The predicted molar refractivity (Wildman–Crippen MR) is 83.3 cm³/mol. The largest absolute Gasteiger partial charge is 0.497 e. The van der Waals surface area contributed by atoms with Crippen molar-refractivity contribution in [1.82, 2.24) is 5.32 Å². The maximum atomic E-state index is 9.86. The number of hydrogen-bond acceptors (Lipinski definition) is 5. The molecule has 0 bridgehead atoms. The number of hydrogen-bond donors (Lipinski definition) is 2. The van der Waals surface area contributed by atoms with E-state index in [0.717, 1.165) is 0 Å². The van der Waals surface area contributed by atoms with Crippen LogP contribution >= 0.6 is 0 Å². The Kier molecular flexibility index (Phi) is 7.64. The van der Waals surface area contributed by atoms with E-state index in [4.69, 9.17) is 14.2 Å². The van der Waals surface area contributed by atoms with Crippen molar-refractivity contribution < 1.29 is 19.3 Å². The highest BCUT2D eigenvalue weighted by Crippen LogP contribution is 2.31. The van der Waals surface area contributed by atoms with Gasteiger partial charge in [0, 0.05) is 18.7 Å². The third kappa shape index (κ3) is 6.51. The smallest absolute Gasteiger partial charge is 0.165 e. The molecule has 0 aliphatic heterocycles. The highest BCUT2D eigenvalue weighted by Gasteiger charge is 2.10. The van der Waals surface area contributed by atoms with Crippen molar-refractivity contribution >= 4 is 0 Å². The second-order valence-corrected chi connectivity index (χ2v) is 4.94. The summed E-state index contributed by atoms with van der Waals surface area (Å²) in [7, 11) is 1.59. The van der Waals surface area contributed by atoms with E-state index in [1.807, 2.05) is 13.8 Å². The van der Waals surface area contributed by atoms with E-state index in [9.17, 15) is 5.11 Å². The number of nitrogens with one attached hydrogen (secondary N) is 1. The third-order valence-corrected chi connectivity index (χ3v) is 2.70. The molecule has 0 fully saturated rings. The van der Waals surface area contributed by atoms with Crippen molar-refractivity contribution in [1.29, 1.82) is 0 Å². The minimum absolute atomic E-state index is 0.191. The van der Waals surface area contributed by atoms with E-state index in [2.05, 4.69) is 11.9 Å². The molecule has 0 saturated carbocycles. The van der Waals surface area contributed by atoms with Crippen molar-refractivity contribution in [3.05, 3.63) is 30.9 Å². The fourth-order valence-corrected chi connectivity index (χ4v) is 1.61. The lowest BCUT2D eigenvalue weighted by molar-refractivity contribution is 0.102. The molecular formula is C16H25NO4. The van der Waals surface area contributed by atoms with Crippen LogP contribution in [0.3, 0.4) is 0 Å². The fourth-order valence-electron chi connectivity index (χ4n) is 1.61. The Morgan fingerprint density at radius 1 is 1.29 bits per heavy atom. The van der Waals surface area contributed by atoms with Crippen LogP contribution in [0.5, 0.6) is 17.2 Å². The van der Waals surface area contributed by atoms with E-state index in [1.165, 1.54) is 0 Å². The lowest BCUT2D eigenvalue weighted by atomic mass is 10.3. The van der Waals surface area contributed by atoms with Crippen molar-refractivity contribution in [3.8, 4) is 17.2 Å². The summed E-state index contributed by atoms with van der Waals surface area (Å²) in [5.41, 5.74) is 0. The first-order valence-electron chi connectivity index (χ1n) is 7.02. The van der Waals surface area contributed by atoms with Gasteiger partial charge in [0.05, 0.1) is 7.11 Å². The normalized spacial score (nSPS) is 12.0. The van der Waals surface area contributed by atoms with Crippen LogP contribution in [0.4, 0.5) is 0 Å². The van der Waals surface area contributed by atoms with Crippen LogP contribution in [-0.2, 0) is 0 Å². The Balaban J connectivity index is 2.61. The molecule has 0 aromatic heterocycles. The van der Waals surface area contributed by atoms with Crippen LogP contribution in [0, 0.1) is 0 Å². The lowest BCUT2D eigenvalue weighted by Gasteiger charge is -2.17. The first-order valence-corrected chi connectivity index (χ1v) is 7.02. The molecule has 0 aliphatic rings. The number of rotatable bonds is 10. The summed E-state index contributed by atoms with van der Waals surface area (Å²) in [6.07, 6.45) is 1.08. The quantitative estimate of drug-likeness (QED) is 0.647. The lowest BCUT2D eigenvalue weighted by Crippen LogP contribution is -2.35. The third-order valence-electron chi connectivity index (χ3n) is 2.70. The predicted octanol–water partition coefficient (Wildman–Crippen LogP) is 2.00. The summed E-state index contributed by atoms with van der Waals surface area (Å²) in [6, 6.07) is 5.62. The van der Waals surface area contributed by atoms with E-state index in [1.54, 1.807) is 31.4 Å². The molecule has 0 spiro atoms. The number of benzene rings is 1. The Morgan fingerprint density at radius 2 is 2.05 bits per heavy atom. The zero-order chi connectivity index (χ0) is 15.7. The average Bonchev–Trinajstić information content (AvgIpc) is 2.49. The number of ether oxygens (including phenoxy) is 3. The monoisotopic (exact) mass is 295 g/mol. The van der Waals surface area contributed by atoms with Gasteiger partial charge in [-0.25, -0.2) is 0 Å². The summed E-state index contributed by atoms with van der Waals surface area (Å²) in [5.74, 6) is 1.82. The minimum Gasteiger partial charge on any atom is -0.497 e. The van der Waals surface area contributed by atoms with Gasteiger partial charge in [-0.1, -0.05) is 26.5 Å². The molecule has 5 heteroatoms. The zero-order valence-corrected chi connectivity index (χ0v) is 13.0. The molecule has 1 rings (SSSR count). The summed E-state index contributed by atoms with van der Waals surface area (Å²) >= 11 is 0. The number of aliphatic hydroxyl groups is 1. The van der Waals surface area contributed by atoms with E-state index in [-0.39, 0.29) is 6.61 Å². The minimum atomic E-state index is -0.582. The van der Waals surface area contributed by atoms with Gasteiger partial charge in [0.2, 0.25) is 0 Å². The Bertz CT molecular complexity index is 434. The molecule has 0 unspecified atom stereocenters. The molecule has 21 heavy (non-hydrogen) atoms. The maximum absolute atomic E-state index is 9.86.